The molecule has 0 atom stereocenters. The van der Waals surface area contributed by atoms with Crippen molar-refractivity contribution in [2.75, 3.05) is 4.90 Å². The van der Waals surface area contributed by atoms with Crippen LogP contribution in [-0.4, -0.2) is 4.98 Å². The van der Waals surface area contributed by atoms with E-state index in [1.54, 1.807) is 11.3 Å². The third kappa shape index (κ3) is 3.98. The lowest BCUT2D eigenvalue weighted by Crippen LogP contribution is -2.10. The van der Waals surface area contributed by atoms with Crippen LogP contribution in [0.15, 0.2) is 158 Å². The molecule has 3 heteroatoms. The van der Waals surface area contributed by atoms with E-state index >= 15 is 0 Å². The van der Waals surface area contributed by atoms with Gasteiger partial charge < -0.3 is 4.90 Å². The molecule has 9 rings (SSSR count). The number of hydrogen-bond acceptors (Lipinski definition) is 3. The Kier molecular flexibility index (Phi) is 5.71. The van der Waals surface area contributed by atoms with Crippen LogP contribution >= 0.6 is 11.3 Å². The molecule has 0 radical (unpaired) electrons. The Morgan fingerprint density at radius 1 is 0.455 bits per heavy atom. The van der Waals surface area contributed by atoms with Gasteiger partial charge in [0.2, 0.25) is 0 Å². The lowest BCUT2D eigenvalue weighted by Gasteiger charge is -2.28. The van der Waals surface area contributed by atoms with Crippen LogP contribution in [0, 0.1) is 0 Å². The van der Waals surface area contributed by atoms with Crippen molar-refractivity contribution >= 4 is 80.9 Å². The van der Waals surface area contributed by atoms with Crippen molar-refractivity contribution in [2.24, 2.45) is 0 Å². The Bertz CT molecular complexity index is 2480. The van der Waals surface area contributed by atoms with Crippen LogP contribution in [0.3, 0.4) is 0 Å². The molecule has 2 nitrogen and oxygen atoms in total. The summed E-state index contributed by atoms with van der Waals surface area (Å²) in [6.45, 7) is 0. The molecule has 0 saturated carbocycles. The summed E-state index contributed by atoms with van der Waals surface area (Å²) in [5.41, 5.74) is 5.84. The third-order valence-electron chi connectivity index (χ3n) is 8.72. The summed E-state index contributed by atoms with van der Waals surface area (Å²) in [5.74, 6) is 0. The number of pyridine rings is 1. The third-order valence-corrected chi connectivity index (χ3v) is 9.82. The van der Waals surface area contributed by atoms with Gasteiger partial charge in [-0.2, -0.15) is 0 Å². The van der Waals surface area contributed by atoms with Gasteiger partial charge in [-0.3, -0.25) is 4.98 Å². The SMILES string of the molecule is c1ccc(-c2ccc(N(c3ccc4c(c3)sc3cnccc34)c3cc4ccccc4c4c3ccc3ccccc34)cc2)cc1. The van der Waals surface area contributed by atoms with Gasteiger partial charge in [-0.25, -0.2) is 0 Å². The molecule has 7 aromatic carbocycles. The molecule has 0 amide bonds. The molecule has 0 aliphatic carbocycles. The Hall–Kier alpha value is -5.51. The zero-order valence-electron chi connectivity index (χ0n) is 23.8. The van der Waals surface area contributed by atoms with E-state index in [1.807, 2.05) is 12.4 Å². The maximum Gasteiger partial charge on any atom is 0.0546 e. The molecule has 0 unspecified atom stereocenters. The van der Waals surface area contributed by atoms with Crippen molar-refractivity contribution < 1.29 is 0 Å². The quantitative estimate of drug-likeness (QED) is 0.193. The molecule has 0 fully saturated rings. The predicted octanol–water partition coefficient (Wildman–Crippen LogP) is 12.0. The first-order chi connectivity index (χ1) is 21.8. The van der Waals surface area contributed by atoms with Gasteiger partial charge in [-0.15, -0.1) is 11.3 Å². The molecule has 0 aliphatic heterocycles. The summed E-state index contributed by atoms with van der Waals surface area (Å²) in [6, 6.07) is 53.0. The summed E-state index contributed by atoms with van der Waals surface area (Å²) >= 11 is 1.80. The fourth-order valence-corrected chi connectivity index (χ4v) is 7.76. The van der Waals surface area contributed by atoms with Gasteiger partial charge in [0.15, 0.2) is 0 Å². The Morgan fingerprint density at radius 2 is 1.11 bits per heavy atom. The predicted molar refractivity (Wildman–Crippen MR) is 190 cm³/mol. The molecule has 2 heterocycles. The molecular weight excluding hydrogens is 553 g/mol. The highest BCUT2D eigenvalue weighted by molar-refractivity contribution is 7.25. The standard InChI is InChI=1S/C41H26N2S/c1-2-8-27(9-3-1)28-14-17-31(18-15-28)43(32-19-21-35-36-22-23-42-26-40(36)44-39(35)25-32)38-24-30-11-5-7-13-34(30)41-33-12-6-4-10-29(33)16-20-37(38)41/h1-26H. The van der Waals surface area contributed by atoms with Crippen molar-refractivity contribution in [2.45, 2.75) is 0 Å². The largest absolute Gasteiger partial charge is 0.310 e. The van der Waals surface area contributed by atoms with Gasteiger partial charge in [0, 0.05) is 44.6 Å². The Labute approximate surface area is 259 Å². The second-order valence-electron chi connectivity index (χ2n) is 11.2. The first kappa shape index (κ1) is 25.0. The number of benzene rings is 7. The van der Waals surface area contributed by atoms with Gasteiger partial charge in [-0.1, -0.05) is 109 Å². The maximum absolute atomic E-state index is 4.38. The summed E-state index contributed by atoms with van der Waals surface area (Å²) in [4.78, 5) is 6.81. The first-order valence-corrected chi connectivity index (χ1v) is 15.7. The van der Waals surface area contributed by atoms with E-state index in [1.165, 1.54) is 69.3 Å². The van der Waals surface area contributed by atoms with Crippen LogP contribution in [0.5, 0.6) is 0 Å². The van der Waals surface area contributed by atoms with E-state index in [-0.39, 0.29) is 0 Å². The average molecular weight is 579 g/mol. The number of hydrogen-bond donors (Lipinski definition) is 0. The minimum absolute atomic E-state index is 1.12. The average Bonchev–Trinajstić information content (AvgIpc) is 3.47. The molecule has 44 heavy (non-hydrogen) atoms. The number of nitrogens with zero attached hydrogens (tertiary/aromatic N) is 2. The topological polar surface area (TPSA) is 16.1 Å². The monoisotopic (exact) mass is 578 g/mol. The fourth-order valence-electron chi connectivity index (χ4n) is 6.66. The van der Waals surface area contributed by atoms with Crippen LogP contribution in [0.2, 0.25) is 0 Å². The van der Waals surface area contributed by atoms with Crippen LogP contribution < -0.4 is 4.90 Å². The molecular formula is C41H26N2S. The second kappa shape index (κ2) is 10.0. The number of rotatable bonds is 4. The molecule has 0 aliphatic rings. The van der Waals surface area contributed by atoms with E-state index in [2.05, 4.69) is 155 Å². The highest BCUT2D eigenvalue weighted by Gasteiger charge is 2.20. The van der Waals surface area contributed by atoms with Gasteiger partial charge in [0.25, 0.3) is 0 Å². The van der Waals surface area contributed by atoms with Crippen LogP contribution in [0.4, 0.5) is 17.1 Å². The minimum Gasteiger partial charge on any atom is -0.310 e. The maximum atomic E-state index is 4.38. The van der Waals surface area contributed by atoms with Crippen molar-refractivity contribution in [1.29, 1.82) is 0 Å². The minimum atomic E-state index is 1.12. The molecule has 0 bridgehead atoms. The molecule has 9 aromatic rings. The normalized spacial score (nSPS) is 11.6. The van der Waals surface area contributed by atoms with Crippen LogP contribution in [-0.2, 0) is 0 Å². The van der Waals surface area contributed by atoms with Crippen molar-refractivity contribution in [3.05, 3.63) is 158 Å². The zero-order chi connectivity index (χ0) is 29.0. The molecule has 0 spiro atoms. The smallest absolute Gasteiger partial charge is 0.0546 e. The Morgan fingerprint density at radius 3 is 1.95 bits per heavy atom. The van der Waals surface area contributed by atoms with E-state index in [9.17, 15) is 0 Å². The highest BCUT2D eigenvalue weighted by atomic mass is 32.1. The van der Waals surface area contributed by atoms with Crippen molar-refractivity contribution in [1.82, 2.24) is 4.98 Å². The molecule has 2 aromatic heterocycles. The van der Waals surface area contributed by atoms with E-state index in [0.717, 1.165) is 11.4 Å². The summed E-state index contributed by atoms with van der Waals surface area (Å²) in [5, 5.41) is 10.1. The van der Waals surface area contributed by atoms with Gasteiger partial charge in [0.05, 0.1) is 10.4 Å². The molecule has 0 N–H and O–H groups in total. The zero-order valence-corrected chi connectivity index (χ0v) is 24.6. The second-order valence-corrected chi connectivity index (χ2v) is 12.3. The summed E-state index contributed by atoms with van der Waals surface area (Å²) in [6.07, 6.45) is 3.86. The lowest BCUT2D eigenvalue weighted by molar-refractivity contribution is 1.31. The van der Waals surface area contributed by atoms with E-state index < -0.39 is 0 Å². The number of anilines is 3. The number of thiophene rings is 1. The van der Waals surface area contributed by atoms with Crippen molar-refractivity contribution in [3.63, 3.8) is 0 Å². The number of aromatic nitrogens is 1. The van der Waals surface area contributed by atoms with E-state index in [0.29, 0.717) is 0 Å². The molecule has 0 saturated heterocycles. The number of fused-ring (bicyclic) bond motifs is 8. The lowest BCUT2D eigenvalue weighted by atomic mass is 9.94. The van der Waals surface area contributed by atoms with Gasteiger partial charge in [-0.05, 0) is 74.5 Å². The van der Waals surface area contributed by atoms with Gasteiger partial charge >= 0.3 is 0 Å². The van der Waals surface area contributed by atoms with Crippen LogP contribution in [0.25, 0.3) is 63.6 Å². The molecule has 206 valence electrons. The Balaban J connectivity index is 1.34. The fraction of sp³-hybridized carbons (Fsp3) is 0. The first-order valence-electron chi connectivity index (χ1n) is 14.9. The highest BCUT2D eigenvalue weighted by Crippen LogP contribution is 2.46. The van der Waals surface area contributed by atoms with E-state index in [4.69, 9.17) is 0 Å². The summed E-state index contributed by atoms with van der Waals surface area (Å²) < 4.78 is 2.47. The van der Waals surface area contributed by atoms with Gasteiger partial charge in [0.1, 0.15) is 0 Å². The van der Waals surface area contributed by atoms with Crippen LogP contribution in [0.1, 0.15) is 0 Å². The summed E-state index contributed by atoms with van der Waals surface area (Å²) in [7, 11) is 0. The van der Waals surface area contributed by atoms with Crippen molar-refractivity contribution in [3.8, 4) is 11.1 Å².